The van der Waals surface area contributed by atoms with E-state index in [1.54, 1.807) is 18.1 Å². The third-order valence-corrected chi connectivity index (χ3v) is 3.36. The van der Waals surface area contributed by atoms with Gasteiger partial charge >= 0.3 is 0 Å². The summed E-state index contributed by atoms with van der Waals surface area (Å²) in [5, 5.41) is 7.20. The van der Waals surface area contributed by atoms with Crippen molar-refractivity contribution in [1.82, 2.24) is 14.7 Å². The van der Waals surface area contributed by atoms with Crippen molar-refractivity contribution in [2.45, 2.75) is 39.3 Å². The number of nitrogens with one attached hydrogen (secondary N) is 1. The molecule has 6 nitrogen and oxygen atoms in total. The van der Waals surface area contributed by atoms with Gasteiger partial charge in [0.05, 0.1) is 11.9 Å². The summed E-state index contributed by atoms with van der Waals surface area (Å²) in [5.41, 5.74) is 0.444. The quantitative estimate of drug-likeness (QED) is 0.840. The topological polar surface area (TPSA) is 67.2 Å². The van der Waals surface area contributed by atoms with Crippen LogP contribution in [0.2, 0.25) is 0 Å². The maximum Gasteiger partial charge on any atom is 0.269 e. The van der Waals surface area contributed by atoms with Crippen molar-refractivity contribution < 1.29 is 4.79 Å². The summed E-state index contributed by atoms with van der Waals surface area (Å²) in [7, 11) is 1.78. The van der Waals surface area contributed by atoms with E-state index in [0.717, 1.165) is 19.4 Å². The molecule has 0 bridgehead atoms. The molecule has 0 unspecified atom stereocenters. The fraction of sp³-hybridized carbons (Fsp3) is 0.643. The number of hydrogen-bond acceptors (Lipinski definition) is 4. The van der Waals surface area contributed by atoms with E-state index in [9.17, 15) is 9.59 Å². The van der Waals surface area contributed by atoms with Crippen molar-refractivity contribution in [2.24, 2.45) is 5.92 Å². The Morgan fingerprint density at radius 1 is 1.55 bits per heavy atom. The normalized spacial score (nSPS) is 14.4. The molecule has 2 rings (SSSR count). The number of amides is 1. The first kappa shape index (κ1) is 14.6. The van der Waals surface area contributed by atoms with E-state index < -0.39 is 0 Å². The van der Waals surface area contributed by atoms with Crippen LogP contribution in [0.25, 0.3) is 0 Å². The van der Waals surface area contributed by atoms with E-state index in [0.29, 0.717) is 17.6 Å². The number of anilines is 1. The zero-order valence-electron chi connectivity index (χ0n) is 12.3. The lowest BCUT2D eigenvalue weighted by Gasteiger charge is -2.16. The Balaban J connectivity index is 1.98. The lowest BCUT2D eigenvalue weighted by atomic mass is 10.2. The Morgan fingerprint density at radius 2 is 2.25 bits per heavy atom. The van der Waals surface area contributed by atoms with E-state index in [2.05, 4.69) is 24.3 Å². The summed E-state index contributed by atoms with van der Waals surface area (Å²) in [5.74, 6) is 0.427. The number of likely N-dealkylation sites (N-methyl/N-ethyl adjacent to an activating group) is 1. The maximum absolute atomic E-state index is 12.0. The van der Waals surface area contributed by atoms with Crippen molar-refractivity contribution in [2.75, 3.05) is 18.9 Å². The predicted molar refractivity (Wildman–Crippen MR) is 77.6 cm³/mol. The molecule has 1 heterocycles. The molecule has 1 N–H and O–H groups in total. The number of nitrogens with zero attached hydrogens (tertiary/aromatic N) is 3. The van der Waals surface area contributed by atoms with Crippen LogP contribution in [0.3, 0.4) is 0 Å². The van der Waals surface area contributed by atoms with Gasteiger partial charge in [-0.3, -0.25) is 9.59 Å². The minimum absolute atomic E-state index is 0.0102. The van der Waals surface area contributed by atoms with Crippen LogP contribution in [0.15, 0.2) is 17.1 Å². The molecule has 0 aliphatic heterocycles. The molecule has 0 radical (unpaired) electrons. The minimum atomic E-state index is -0.253. The highest BCUT2D eigenvalue weighted by atomic mass is 16.2. The van der Waals surface area contributed by atoms with Crippen molar-refractivity contribution in [1.29, 1.82) is 0 Å². The monoisotopic (exact) mass is 278 g/mol. The lowest BCUT2D eigenvalue weighted by molar-refractivity contribution is -0.131. The third kappa shape index (κ3) is 3.82. The molecule has 1 aliphatic carbocycles. The van der Waals surface area contributed by atoms with Crippen LogP contribution in [-0.2, 0) is 11.3 Å². The summed E-state index contributed by atoms with van der Waals surface area (Å²) in [4.78, 5) is 25.6. The molecule has 6 heteroatoms. The first-order chi connectivity index (χ1) is 9.47. The number of carbonyl (C=O) groups is 1. The smallest absolute Gasteiger partial charge is 0.269 e. The minimum Gasteiger partial charge on any atom is -0.383 e. The van der Waals surface area contributed by atoms with Gasteiger partial charge in [-0.1, -0.05) is 13.8 Å². The van der Waals surface area contributed by atoms with Crippen LogP contribution in [0.1, 0.15) is 26.7 Å². The van der Waals surface area contributed by atoms with Gasteiger partial charge < -0.3 is 10.2 Å². The average Bonchev–Trinajstić information content (AvgIpc) is 3.22. The molecule has 0 saturated heterocycles. The SMILES string of the molecule is CC(C)CNc1cnn(CC(=O)N(C)C2CC2)c(=O)c1. The van der Waals surface area contributed by atoms with Gasteiger partial charge in [-0.25, -0.2) is 4.68 Å². The third-order valence-electron chi connectivity index (χ3n) is 3.36. The van der Waals surface area contributed by atoms with E-state index >= 15 is 0 Å². The zero-order chi connectivity index (χ0) is 14.7. The molecule has 1 aliphatic rings. The van der Waals surface area contributed by atoms with Gasteiger partial charge in [0.15, 0.2) is 0 Å². The average molecular weight is 278 g/mol. The second-order valence-corrected chi connectivity index (χ2v) is 5.75. The molecule has 20 heavy (non-hydrogen) atoms. The van der Waals surface area contributed by atoms with Crippen LogP contribution in [-0.4, -0.2) is 40.2 Å². The molecular weight excluding hydrogens is 256 g/mol. The molecule has 1 fully saturated rings. The Bertz CT molecular complexity index is 534. The molecule has 1 aromatic rings. The second-order valence-electron chi connectivity index (χ2n) is 5.75. The van der Waals surface area contributed by atoms with Crippen LogP contribution >= 0.6 is 0 Å². The van der Waals surface area contributed by atoms with Gasteiger partial charge in [0.2, 0.25) is 5.91 Å². The standard InChI is InChI=1S/C14H22N4O2/c1-10(2)7-15-11-6-13(19)18(16-8-11)9-14(20)17(3)12-4-5-12/h6,8,10,12,15H,4-5,7,9H2,1-3H3. The first-order valence-corrected chi connectivity index (χ1v) is 7.04. The number of rotatable bonds is 6. The van der Waals surface area contributed by atoms with Gasteiger partial charge in [0.1, 0.15) is 6.54 Å². The maximum atomic E-state index is 12.0. The van der Waals surface area contributed by atoms with Crippen molar-refractivity contribution in [3.63, 3.8) is 0 Å². The van der Waals surface area contributed by atoms with Crippen LogP contribution in [0.5, 0.6) is 0 Å². The zero-order valence-corrected chi connectivity index (χ0v) is 12.3. The van der Waals surface area contributed by atoms with Crippen molar-refractivity contribution >= 4 is 11.6 Å². The van der Waals surface area contributed by atoms with E-state index in [4.69, 9.17) is 0 Å². The number of hydrogen-bond donors (Lipinski definition) is 1. The fourth-order valence-corrected chi connectivity index (χ4v) is 1.88. The van der Waals surface area contributed by atoms with Crippen molar-refractivity contribution in [3.05, 3.63) is 22.6 Å². The molecular formula is C14H22N4O2. The molecule has 1 saturated carbocycles. The predicted octanol–water partition coefficient (Wildman–Crippen LogP) is 0.932. The summed E-state index contributed by atoms with van der Waals surface area (Å²) in [6.07, 6.45) is 3.71. The highest BCUT2D eigenvalue weighted by molar-refractivity contribution is 5.76. The Labute approximate surface area is 118 Å². The van der Waals surface area contributed by atoms with E-state index in [-0.39, 0.29) is 18.0 Å². The summed E-state index contributed by atoms with van der Waals surface area (Å²) in [6.45, 7) is 4.98. The van der Waals surface area contributed by atoms with Crippen LogP contribution < -0.4 is 10.9 Å². The van der Waals surface area contributed by atoms with Crippen molar-refractivity contribution in [3.8, 4) is 0 Å². The summed E-state index contributed by atoms with van der Waals surface area (Å²) < 4.78 is 1.21. The molecule has 0 aromatic carbocycles. The molecule has 0 spiro atoms. The largest absolute Gasteiger partial charge is 0.383 e. The Morgan fingerprint density at radius 3 is 2.80 bits per heavy atom. The molecule has 1 aromatic heterocycles. The van der Waals surface area contributed by atoms with Crippen LogP contribution in [0, 0.1) is 5.92 Å². The van der Waals surface area contributed by atoms with Gasteiger partial charge in [0, 0.05) is 25.7 Å². The first-order valence-electron chi connectivity index (χ1n) is 7.04. The van der Waals surface area contributed by atoms with Gasteiger partial charge in [0.25, 0.3) is 5.56 Å². The van der Waals surface area contributed by atoms with Gasteiger partial charge in [-0.2, -0.15) is 5.10 Å². The van der Waals surface area contributed by atoms with Crippen LogP contribution in [0.4, 0.5) is 5.69 Å². The van der Waals surface area contributed by atoms with E-state index in [1.165, 1.54) is 10.7 Å². The number of aromatic nitrogens is 2. The highest BCUT2D eigenvalue weighted by Gasteiger charge is 2.29. The summed E-state index contributed by atoms with van der Waals surface area (Å²) in [6, 6.07) is 1.84. The van der Waals surface area contributed by atoms with Gasteiger partial charge in [-0.05, 0) is 18.8 Å². The lowest BCUT2D eigenvalue weighted by Crippen LogP contribution is -2.36. The highest BCUT2D eigenvalue weighted by Crippen LogP contribution is 2.25. The number of carbonyl (C=O) groups excluding carboxylic acids is 1. The molecule has 1 amide bonds. The second kappa shape index (κ2) is 6.07. The van der Waals surface area contributed by atoms with Gasteiger partial charge in [-0.15, -0.1) is 0 Å². The molecule has 110 valence electrons. The Kier molecular flexibility index (Phi) is 4.42. The fourth-order valence-electron chi connectivity index (χ4n) is 1.88. The Hall–Kier alpha value is -1.85. The summed E-state index contributed by atoms with van der Waals surface area (Å²) >= 11 is 0. The molecule has 0 atom stereocenters. The van der Waals surface area contributed by atoms with E-state index in [1.807, 2.05) is 0 Å².